The minimum Gasteiger partial charge on any atom is -0.358 e. The number of hydrogen-bond donors (Lipinski definition) is 1. The third-order valence-electron chi connectivity index (χ3n) is 2.67. The van der Waals surface area contributed by atoms with Crippen molar-refractivity contribution in [2.24, 2.45) is 0 Å². The summed E-state index contributed by atoms with van der Waals surface area (Å²) >= 11 is 0. The first-order valence-corrected chi connectivity index (χ1v) is 5.53. The van der Waals surface area contributed by atoms with Gasteiger partial charge in [0.25, 0.3) is 0 Å². The molecule has 16 heavy (non-hydrogen) atoms. The zero-order valence-corrected chi connectivity index (χ0v) is 9.75. The lowest BCUT2D eigenvalue weighted by atomic mass is 10.1. The molecule has 0 aromatic carbocycles. The van der Waals surface area contributed by atoms with Gasteiger partial charge in [0, 0.05) is 22.6 Å². The molecular weight excluding hydrogens is 196 g/mol. The number of aromatic amines is 1. The molecule has 0 saturated carbocycles. The van der Waals surface area contributed by atoms with Gasteiger partial charge in [-0.1, -0.05) is 13.5 Å². The van der Waals surface area contributed by atoms with Crippen molar-refractivity contribution >= 4 is 6.08 Å². The van der Waals surface area contributed by atoms with Crippen LogP contribution in [0, 0.1) is 6.92 Å². The predicted molar refractivity (Wildman–Crippen MR) is 68.2 cm³/mol. The molecule has 1 N–H and O–H groups in total. The molecule has 2 aromatic rings. The number of nitrogens with zero attached hydrogens (tertiary/aromatic N) is 1. The van der Waals surface area contributed by atoms with Crippen molar-refractivity contribution in [2.75, 3.05) is 0 Å². The number of aryl methyl sites for hydroxylation is 2. The Morgan fingerprint density at radius 3 is 2.75 bits per heavy atom. The molecular formula is C14H16N2. The predicted octanol–water partition coefficient (Wildman–Crippen LogP) is 3.59. The molecule has 0 aliphatic carbocycles. The molecule has 2 heteroatoms. The van der Waals surface area contributed by atoms with Crippen molar-refractivity contribution in [2.45, 2.75) is 20.3 Å². The van der Waals surface area contributed by atoms with Crippen molar-refractivity contribution in [3.05, 3.63) is 47.9 Å². The fourth-order valence-electron chi connectivity index (χ4n) is 1.76. The van der Waals surface area contributed by atoms with E-state index < -0.39 is 0 Å². The quantitative estimate of drug-likeness (QED) is 0.827. The maximum Gasteiger partial charge on any atom is 0.0720 e. The number of aromatic nitrogens is 2. The minimum absolute atomic E-state index is 0.935. The molecule has 0 saturated heterocycles. The lowest BCUT2D eigenvalue weighted by Crippen LogP contribution is -1.90. The number of H-pyrrole nitrogens is 1. The monoisotopic (exact) mass is 212 g/mol. The normalized spacial score (nSPS) is 10.4. The summed E-state index contributed by atoms with van der Waals surface area (Å²) in [5.41, 5.74) is 5.41. The molecule has 0 spiro atoms. The Labute approximate surface area is 96.1 Å². The van der Waals surface area contributed by atoms with E-state index in [0.29, 0.717) is 0 Å². The highest BCUT2D eigenvalue weighted by atomic mass is 14.7. The summed E-state index contributed by atoms with van der Waals surface area (Å²) in [6, 6.07) is 8.32. The standard InChI is InChI=1S/C14H16N2/c1-4-11-7-9-14(16-11)12-8-6-10(3)15-13(12)5-2/h5-9,16H,2,4H2,1,3H3. The largest absolute Gasteiger partial charge is 0.358 e. The van der Waals surface area contributed by atoms with Crippen LogP contribution in [-0.2, 0) is 6.42 Å². The maximum atomic E-state index is 4.47. The van der Waals surface area contributed by atoms with Crippen LogP contribution in [0.25, 0.3) is 17.3 Å². The Hall–Kier alpha value is -1.83. The summed E-state index contributed by atoms with van der Waals surface area (Å²) in [5, 5.41) is 0. The molecule has 2 rings (SSSR count). The van der Waals surface area contributed by atoms with E-state index in [9.17, 15) is 0 Å². The van der Waals surface area contributed by atoms with Gasteiger partial charge in [0.2, 0.25) is 0 Å². The molecule has 0 bridgehead atoms. The van der Waals surface area contributed by atoms with Gasteiger partial charge in [0.05, 0.1) is 5.69 Å². The third-order valence-corrected chi connectivity index (χ3v) is 2.67. The topological polar surface area (TPSA) is 28.7 Å². The van der Waals surface area contributed by atoms with Gasteiger partial charge in [-0.2, -0.15) is 0 Å². The molecule has 0 radical (unpaired) electrons. The first-order chi connectivity index (χ1) is 7.74. The summed E-state index contributed by atoms with van der Waals surface area (Å²) in [6.07, 6.45) is 2.82. The van der Waals surface area contributed by atoms with Crippen molar-refractivity contribution in [3.8, 4) is 11.3 Å². The van der Waals surface area contributed by atoms with Crippen LogP contribution in [0.4, 0.5) is 0 Å². The Balaban J connectivity index is 2.50. The van der Waals surface area contributed by atoms with E-state index in [0.717, 1.165) is 29.1 Å². The average molecular weight is 212 g/mol. The molecule has 2 aromatic heterocycles. The first kappa shape index (κ1) is 10.7. The van der Waals surface area contributed by atoms with Crippen molar-refractivity contribution < 1.29 is 0 Å². The van der Waals surface area contributed by atoms with E-state index in [4.69, 9.17) is 0 Å². The molecule has 0 atom stereocenters. The van der Waals surface area contributed by atoms with Gasteiger partial charge in [-0.15, -0.1) is 0 Å². The third kappa shape index (κ3) is 1.91. The summed E-state index contributed by atoms with van der Waals surface area (Å²) in [6.45, 7) is 7.93. The van der Waals surface area contributed by atoms with Crippen LogP contribution in [0.1, 0.15) is 24.0 Å². The van der Waals surface area contributed by atoms with Gasteiger partial charge >= 0.3 is 0 Å². The van der Waals surface area contributed by atoms with E-state index in [2.05, 4.69) is 41.7 Å². The number of nitrogens with one attached hydrogen (secondary N) is 1. The van der Waals surface area contributed by atoms with Crippen LogP contribution >= 0.6 is 0 Å². The molecule has 0 fully saturated rings. The SMILES string of the molecule is C=Cc1nc(C)ccc1-c1ccc(CC)[nH]1. The summed E-state index contributed by atoms with van der Waals surface area (Å²) < 4.78 is 0. The van der Waals surface area contributed by atoms with Crippen molar-refractivity contribution in [3.63, 3.8) is 0 Å². The van der Waals surface area contributed by atoms with Crippen LogP contribution in [0.15, 0.2) is 30.8 Å². The average Bonchev–Trinajstić information content (AvgIpc) is 2.77. The highest BCUT2D eigenvalue weighted by molar-refractivity contribution is 5.70. The summed E-state index contributed by atoms with van der Waals surface area (Å²) in [5.74, 6) is 0. The maximum absolute atomic E-state index is 4.47. The Bertz CT molecular complexity index is 509. The molecule has 2 heterocycles. The van der Waals surface area contributed by atoms with E-state index in [-0.39, 0.29) is 0 Å². The summed E-state index contributed by atoms with van der Waals surface area (Å²) in [4.78, 5) is 7.85. The van der Waals surface area contributed by atoms with Crippen LogP contribution < -0.4 is 0 Å². The highest BCUT2D eigenvalue weighted by Crippen LogP contribution is 2.23. The fraction of sp³-hybridized carbons (Fsp3) is 0.214. The van der Waals surface area contributed by atoms with Crippen LogP contribution in [0.2, 0.25) is 0 Å². The minimum atomic E-state index is 0.935. The van der Waals surface area contributed by atoms with E-state index in [1.54, 1.807) is 6.08 Å². The molecule has 0 aliphatic heterocycles. The van der Waals surface area contributed by atoms with E-state index in [1.165, 1.54) is 5.69 Å². The Morgan fingerprint density at radius 1 is 1.31 bits per heavy atom. The molecule has 2 nitrogen and oxygen atoms in total. The zero-order valence-electron chi connectivity index (χ0n) is 9.75. The smallest absolute Gasteiger partial charge is 0.0720 e. The van der Waals surface area contributed by atoms with Crippen LogP contribution in [0.3, 0.4) is 0 Å². The second kappa shape index (κ2) is 4.35. The molecule has 82 valence electrons. The van der Waals surface area contributed by atoms with E-state index >= 15 is 0 Å². The molecule has 0 amide bonds. The highest BCUT2D eigenvalue weighted by Gasteiger charge is 2.06. The van der Waals surface area contributed by atoms with Crippen LogP contribution in [-0.4, -0.2) is 9.97 Å². The van der Waals surface area contributed by atoms with E-state index in [1.807, 2.05) is 13.0 Å². The Kier molecular flexibility index (Phi) is 2.91. The van der Waals surface area contributed by atoms with Gasteiger partial charge < -0.3 is 4.98 Å². The number of pyridine rings is 1. The molecule has 0 aliphatic rings. The van der Waals surface area contributed by atoms with Crippen molar-refractivity contribution in [1.82, 2.24) is 9.97 Å². The fourth-order valence-corrected chi connectivity index (χ4v) is 1.76. The van der Waals surface area contributed by atoms with Gasteiger partial charge in [-0.3, -0.25) is 4.98 Å². The van der Waals surface area contributed by atoms with Gasteiger partial charge in [0.15, 0.2) is 0 Å². The number of hydrogen-bond acceptors (Lipinski definition) is 1. The second-order valence-corrected chi connectivity index (χ2v) is 3.84. The lowest BCUT2D eigenvalue weighted by molar-refractivity contribution is 1.06. The van der Waals surface area contributed by atoms with Gasteiger partial charge in [-0.25, -0.2) is 0 Å². The second-order valence-electron chi connectivity index (χ2n) is 3.84. The Morgan fingerprint density at radius 2 is 2.12 bits per heavy atom. The summed E-state index contributed by atoms with van der Waals surface area (Å²) in [7, 11) is 0. The van der Waals surface area contributed by atoms with Gasteiger partial charge in [-0.05, 0) is 43.7 Å². The van der Waals surface area contributed by atoms with Gasteiger partial charge in [0.1, 0.15) is 0 Å². The van der Waals surface area contributed by atoms with Crippen LogP contribution in [0.5, 0.6) is 0 Å². The molecule has 0 unspecified atom stereocenters. The first-order valence-electron chi connectivity index (χ1n) is 5.53. The lowest BCUT2D eigenvalue weighted by Gasteiger charge is -2.04. The zero-order chi connectivity index (χ0) is 11.5. The van der Waals surface area contributed by atoms with Crippen molar-refractivity contribution in [1.29, 1.82) is 0 Å². The number of rotatable bonds is 3.